The van der Waals surface area contributed by atoms with Crippen molar-refractivity contribution in [1.82, 2.24) is 9.21 Å². The van der Waals surface area contributed by atoms with E-state index in [4.69, 9.17) is 5.73 Å². The van der Waals surface area contributed by atoms with Crippen LogP contribution in [0.5, 0.6) is 0 Å². The first-order valence-corrected chi connectivity index (χ1v) is 11.0. The minimum Gasteiger partial charge on any atom is -0.338 e. The number of sulfonamides is 1. The molecule has 1 aliphatic heterocycles. The van der Waals surface area contributed by atoms with E-state index in [1.165, 1.54) is 4.31 Å². The molecule has 2 N–H and O–H groups in total. The SMILES string of the molecule is Cc1cc(C(C)(C)C)cc(C)c1S(=O)(=O)N1CCN(C(=O)C2(N)CC2)CC1. The molecule has 1 aliphatic carbocycles. The summed E-state index contributed by atoms with van der Waals surface area (Å²) in [6.07, 6.45) is 1.45. The van der Waals surface area contributed by atoms with Crippen LogP contribution >= 0.6 is 0 Å². The summed E-state index contributed by atoms with van der Waals surface area (Å²) in [5.41, 5.74) is 7.94. The number of hydrogen-bond donors (Lipinski definition) is 1. The summed E-state index contributed by atoms with van der Waals surface area (Å²) in [4.78, 5) is 14.5. The number of amides is 1. The monoisotopic (exact) mass is 393 g/mol. The standard InChI is InChI=1S/C20H31N3O3S/c1-14-12-16(19(3,4)5)13-15(2)17(14)27(25,26)23-10-8-22(9-11-23)18(24)20(21)6-7-20/h12-13H,6-11,21H2,1-5H3. The lowest BCUT2D eigenvalue weighted by atomic mass is 9.85. The van der Waals surface area contributed by atoms with Gasteiger partial charge < -0.3 is 10.6 Å². The smallest absolute Gasteiger partial charge is 0.243 e. The molecule has 2 aliphatic rings. The highest BCUT2D eigenvalue weighted by molar-refractivity contribution is 7.89. The van der Waals surface area contributed by atoms with Crippen molar-refractivity contribution in [2.24, 2.45) is 5.73 Å². The van der Waals surface area contributed by atoms with E-state index in [1.807, 2.05) is 26.0 Å². The molecule has 0 atom stereocenters. The van der Waals surface area contributed by atoms with Crippen LogP contribution in [0.1, 0.15) is 50.3 Å². The van der Waals surface area contributed by atoms with Crippen LogP contribution in [0.4, 0.5) is 0 Å². The number of aryl methyl sites for hydroxylation is 2. The van der Waals surface area contributed by atoms with Crippen LogP contribution < -0.4 is 5.73 Å². The first-order valence-electron chi connectivity index (χ1n) is 9.56. The van der Waals surface area contributed by atoms with Gasteiger partial charge in [-0.05, 0) is 48.8 Å². The highest BCUT2D eigenvalue weighted by Gasteiger charge is 2.48. The third-order valence-corrected chi connectivity index (χ3v) is 7.87. The average Bonchev–Trinajstić information content (AvgIpc) is 3.31. The zero-order valence-corrected chi connectivity index (χ0v) is 17.8. The van der Waals surface area contributed by atoms with Gasteiger partial charge >= 0.3 is 0 Å². The molecular formula is C20H31N3O3S. The first kappa shape index (κ1) is 20.3. The van der Waals surface area contributed by atoms with Gasteiger partial charge in [0, 0.05) is 26.2 Å². The Kier molecular flexibility index (Phi) is 4.94. The topological polar surface area (TPSA) is 83.7 Å². The second-order valence-corrected chi connectivity index (χ2v) is 10.9. The number of hydrogen-bond acceptors (Lipinski definition) is 4. The van der Waals surface area contributed by atoms with Gasteiger partial charge in [0.25, 0.3) is 0 Å². The molecule has 0 radical (unpaired) electrons. The van der Waals surface area contributed by atoms with Crippen LogP contribution in [0.15, 0.2) is 17.0 Å². The fraction of sp³-hybridized carbons (Fsp3) is 0.650. The number of carbonyl (C=O) groups is 1. The van der Waals surface area contributed by atoms with Crippen molar-refractivity contribution >= 4 is 15.9 Å². The van der Waals surface area contributed by atoms with E-state index >= 15 is 0 Å². The Hall–Kier alpha value is -1.44. The van der Waals surface area contributed by atoms with Gasteiger partial charge in [-0.1, -0.05) is 32.9 Å². The van der Waals surface area contributed by atoms with Crippen molar-refractivity contribution in [2.45, 2.75) is 63.3 Å². The Bertz CT molecular complexity index is 836. The summed E-state index contributed by atoms with van der Waals surface area (Å²) < 4.78 is 28.0. The van der Waals surface area contributed by atoms with Gasteiger partial charge in [0.2, 0.25) is 15.9 Å². The molecule has 0 unspecified atom stereocenters. The second kappa shape index (κ2) is 6.57. The predicted molar refractivity (Wildman–Crippen MR) is 106 cm³/mol. The molecule has 0 bridgehead atoms. The molecule has 1 aromatic rings. The van der Waals surface area contributed by atoms with Gasteiger partial charge in [-0.15, -0.1) is 0 Å². The van der Waals surface area contributed by atoms with E-state index in [1.54, 1.807) is 4.90 Å². The van der Waals surface area contributed by atoms with E-state index in [0.717, 1.165) is 29.5 Å². The zero-order valence-electron chi connectivity index (χ0n) is 17.0. The van der Waals surface area contributed by atoms with E-state index in [-0.39, 0.29) is 11.3 Å². The number of piperazine rings is 1. The van der Waals surface area contributed by atoms with Crippen molar-refractivity contribution in [3.05, 3.63) is 28.8 Å². The third-order valence-electron chi connectivity index (χ3n) is 5.66. The molecule has 1 saturated carbocycles. The summed E-state index contributed by atoms with van der Waals surface area (Å²) >= 11 is 0. The number of benzene rings is 1. The Labute approximate surface area is 162 Å². The molecule has 1 heterocycles. The van der Waals surface area contributed by atoms with E-state index in [2.05, 4.69) is 20.8 Å². The Morgan fingerprint density at radius 3 is 1.93 bits per heavy atom. The summed E-state index contributed by atoms with van der Waals surface area (Å²) in [6, 6.07) is 3.95. The Balaban J connectivity index is 1.81. The summed E-state index contributed by atoms with van der Waals surface area (Å²) in [6.45, 7) is 11.5. The predicted octanol–water partition coefficient (Wildman–Crippen LogP) is 1.93. The Morgan fingerprint density at radius 2 is 1.52 bits per heavy atom. The number of nitrogens with zero attached hydrogens (tertiary/aromatic N) is 2. The van der Waals surface area contributed by atoms with Crippen molar-refractivity contribution in [1.29, 1.82) is 0 Å². The van der Waals surface area contributed by atoms with Crippen LogP contribution in [0.2, 0.25) is 0 Å². The number of carbonyl (C=O) groups excluding carboxylic acids is 1. The maximum absolute atomic E-state index is 13.3. The summed E-state index contributed by atoms with van der Waals surface area (Å²) in [7, 11) is -3.59. The molecule has 0 aromatic heterocycles. The van der Waals surface area contributed by atoms with Crippen LogP contribution in [-0.2, 0) is 20.2 Å². The lowest BCUT2D eigenvalue weighted by Gasteiger charge is -2.36. The van der Waals surface area contributed by atoms with Crippen LogP contribution in [0.25, 0.3) is 0 Å². The molecule has 3 rings (SSSR count). The maximum Gasteiger partial charge on any atom is 0.243 e. The fourth-order valence-electron chi connectivity index (χ4n) is 3.71. The van der Waals surface area contributed by atoms with Gasteiger partial charge in [0.05, 0.1) is 10.4 Å². The lowest BCUT2D eigenvalue weighted by molar-refractivity contribution is -0.134. The fourth-order valence-corrected chi connectivity index (χ4v) is 5.55. The highest BCUT2D eigenvalue weighted by atomic mass is 32.2. The van der Waals surface area contributed by atoms with Crippen LogP contribution in [0.3, 0.4) is 0 Å². The quantitative estimate of drug-likeness (QED) is 0.850. The molecule has 27 heavy (non-hydrogen) atoms. The molecule has 1 saturated heterocycles. The first-order chi connectivity index (χ1) is 12.4. The van der Waals surface area contributed by atoms with Gasteiger partial charge in [-0.2, -0.15) is 4.31 Å². The number of rotatable bonds is 3. The minimum atomic E-state index is -3.59. The molecule has 6 nitrogen and oxygen atoms in total. The van der Waals surface area contributed by atoms with Gasteiger partial charge in [0.15, 0.2) is 0 Å². The lowest BCUT2D eigenvalue weighted by Crippen LogP contribution is -2.55. The normalized spacial score (nSPS) is 20.6. The van der Waals surface area contributed by atoms with Crippen LogP contribution in [0, 0.1) is 13.8 Å². The van der Waals surface area contributed by atoms with Crippen LogP contribution in [-0.4, -0.2) is 55.2 Å². The molecule has 150 valence electrons. The molecule has 1 aromatic carbocycles. The van der Waals surface area contributed by atoms with E-state index in [0.29, 0.717) is 31.1 Å². The van der Waals surface area contributed by atoms with Crippen molar-refractivity contribution in [3.8, 4) is 0 Å². The van der Waals surface area contributed by atoms with Gasteiger partial charge in [0.1, 0.15) is 0 Å². The summed E-state index contributed by atoms with van der Waals surface area (Å²) in [5.74, 6) is -0.0403. The molecule has 1 amide bonds. The molecule has 2 fully saturated rings. The third kappa shape index (κ3) is 3.77. The largest absolute Gasteiger partial charge is 0.338 e. The zero-order chi connectivity index (χ0) is 20.2. The van der Waals surface area contributed by atoms with Crippen molar-refractivity contribution in [3.63, 3.8) is 0 Å². The minimum absolute atomic E-state index is 0.0369. The number of nitrogens with two attached hydrogens (primary N) is 1. The second-order valence-electron chi connectivity index (χ2n) is 9.04. The van der Waals surface area contributed by atoms with E-state index in [9.17, 15) is 13.2 Å². The van der Waals surface area contributed by atoms with Crippen molar-refractivity contribution < 1.29 is 13.2 Å². The van der Waals surface area contributed by atoms with Crippen molar-refractivity contribution in [2.75, 3.05) is 26.2 Å². The maximum atomic E-state index is 13.3. The summed E-state index contributed by atoms with van der Waals surface area (Å²) in [5, 5.41) is 0. The van der Waals surface area contributed by atoms with Gasteiger partial charge in [-0.25, -0.2) is 8.42 Å². The molecule has 7 heteroatoms. The Morgan fingerprint density at radius 1 is 1.04 bits per heavy atom. The molecule has 0 spiro atoms. The molecular weight excluding hydrogens is 362 g/mol. The van der Waals surface area contributed by atoms with Gasteiger partial charge in [-0.3, -0.25) is 4.79 Å². The van der Waals surface area contributed by atoms with E-state index < -0.39 is 15.6 Å². The highest BCUT2D eigenvalue weighted by Crippen LogP contribution is 2.35. The average molecular weight is 394 g/mol.